The molecule has 0 atom stereocenters. The molecule has 0 fully saturated rings. The normalized spacial score (nSPS) is 13.9. The average Bonchev–Trinajstić information content (AvgIpc) is 2.85. The molecule has 0 aliphatic carbocycles. The number of hydrogen-bond acceptors (Lipinski definition) is 5. The highest BCUT2D eigenvalue weighted by molar-refractivity contribution is 7.13. The summed E-state index contributed by atoms with van der Waals surface area (Å²) in [4.78, 5) is 17.8. The summed E-state index contributed by atoms with van der Waals surface area (Å²) < 4.78 is 0. The highest BCUT2D eigenvalue weighted by atomic mass is 32.1. The van der Waals surface area contributed by atoms with Crippen molar-refractivity contribution in [1.29, 1.82) is 0 Å². The lowest BCUT2D eigenvalue weighted by molar-refractivity contribution is -0.114. The van der Waals surface area contributed by atoms with Crippen molar-refractivity contribution in [3.8, 4) is 0 Å². The van der Waals surface area contributed by atoms with Gasteiger partial charge in [0.15, 0.2) is 5.13 Å². The van der Waals surface area contributed by atoms with Gasteiger partial charge in [0.05, 0.1) is 12.2 Å². The van der Waals surface area contributed by atoms with Crippen LogP contribution in [0.2, 0.25) is 0 Å². The minimum Gasteiger partial charge on any atom is -0.399 e. The molecule has 0 radical (unpaired) electrons. The summed E-state index contributed by atoms with van der Waals surface area (Å²) in [5, 5.41) is 5.38. The number of nitrogen functional groups attached to an aromatic ring is 1. The zero-order valence-electron chi connectivity index (χ0n) is 11.9. The lowest BCUT2D eigenvalue weighted by Crippen LogP contribution is -2.29. The Bertz CT molecular complexity index is 667. The number of aromatic nitrogens is 1. The maximum Gasteiger partial charge on any atom is 0.223 e. The van der Waals surface area contributed by atoms with E-state index in [0.717, 1.165) is 37.3 Å². The molecule has 3 N–H and O–H groups in total. The van der Waals surface area contributed by atoms with Gasteiger partial charge in [0, 0.05) is 30.2 Å². The van der Waals surface area contributed by atoms with Crippen molar-refractivity contribution in [2.75, 3.05) is 22.5 Å². The fraction of sp³-hybridized carbons (Fsp3) is 0.333. The van der Waals surface area contributed by atoms with E-state index in [-0.39, 0.29) is 5.91 Å². The molecule has 0 saturated carbocycles. The SMILES string of the molecule is CC(=O)Nc1nc(CN2CCCc3cc(N)ccc32)cs1. The van der Waals surface area contributed by atoms with E-state index in [2.05, 4.69) is 27.3 Å². The van der Waals surface area contributed by atoms with E-state index >= 15 is 0 Å². The molecule has 110 valence electrons. The van der Waals surface area contributed by atoms with Gasteiger partial charge in [-0.2, -0.15) is 0 Å². The van der Waals surface area contributed by atoms with Crippen LogP contribution in [0.5, 0.6) is 0 Å². The second-order valence-corrected chi connectivity index (χ2v) is 6.10. The lowest BCUT2D eigenvalue weighted by atomic mass is 10.0. The molecule has 3 rings (SSSR count). The molecular weight excluding hydrogens is 284 g/mol. The number of thiazole rings is 1. The minimum absolute atomic E-state index is 0.0882. The Balaban J connectivity index is 1.77. The maximum atomic E-state index is 11.0. The number of aryl methyl sites for hydroxylation is 1. The number of rotatable bonds is 3. The van der Waals surface area contributed by atoms with Gasteiger partial charge in [-0.3, -0.25) is 4.79 Å². The largest absolute Gasteiger partial charge is 0.399 e. The van der Waals surface area contributed by atoms with Gasteiger partial charge in [-0.1, -0.05) is 0 Å². The number of nitrogens with zero attached hydrogens (tertiary/aromatic N) is 2. The Morgan fingerprint density at radius 1 is 1.52 bits per heavy atom. The third-order valence-electron chi connectivity index (χ3n) is 3.51. The predicted octanol–water partition coefficient (Wildman–Crippen LogP) is 2.64. The Hall–Kier alpha value is -2.08. The molecular formula is C15H18N4OS. The van der Waals surface area contributed by atoms with Crippen molar-refractivity contribution in [2.45, 2.75) is 26.3 Å². The second-order valence-electron chi connectivity index (χ2n) is 5.24. The fourth-order valence-electron chi connectivity index (χ4n) is 2.64. The van der Waals surface area contributed by atoms with E-state index in [4.69, 9.17) is 5.73 Å². The summed E-state index contributed by atoms with van der Waals surface area (Å²) in [5.41, 5.74) is 10.2. The zero-order chi connectivity index (χ0) is 14.8. The van der Waals surface area contributed by atoms with Crippen LogP contribution in [-0.2, 0) is 17.8 Å². The summed E-state index contributed by atoms with van der Waals surface area (Å²) in [6.45, 7) is 3.27. The molecule has 0 spiro atoms. The Labute approximate surface area is 127 Å². The topological polar surface area (TPSA) is 71.2 Å². The number of carbonyl (C=O) groups excluding carboxylic acids is 1. The quantitative estimate of drug-likeness (QED) is 0.855. The second kappa shape index (κ2) is 5.73. The van der Waals surface area contributed by atoms with Crippen LogP contribution < -0.4 is 16.0 Å². The van der Waals surface area contributed by atoms with Crippen LogP contribution >= 0.6 is 11.3 Å². The summed E-state index contributed by atoms with van der Waals surface area (Å²) in [7, 11) is 0. The van der Waals surface area contributed by atoms with E-state index < -0.39 is 0 Å². The number of amides is 1. The summed E-state index contributed by atoms with van der Waals surface area (Å²) in [5.74, 6) is -0.0882. The maximum absolute atomic E-state index is 11.0. The highest BCUT2D eigenvalue weighted by Crippen LogP contribution is 2.30. The number of benzene rings is 1. The number of carbonyl (C=O) groups is 1. The average molecular weight is 302 g/mol. The first-order valence-electron chi connectivity index (χ1n) is 6.97. The van der Waals surface area contributed by atoms with Gasteiger partial charge in [0.2, 0.25) is 5.91 Å². The van der Waals surface area contributed by atoms with E-state index in [9.17, 15) is 4.79 Å². The van der Waals surface area contributed by atoms with Gasteiger partial charge in [-0.05, 0) is 36.6 Å². The molecule has 21 heavy (non-hydrogen) atoms. The van der Waals surface area contributed by atoms with Crippen molar-refractivity contribution in [3.63, 3.8) is 0 Å². The molecule has 0 unspecified atom stereocenters. The summed E-state index contributed by atoms with van der Waals surface area (Å²) in [6, 6.07) is 6.09. The monoisotopic (exact) mass is 302 g/mol. The van der Waals surface area contributed by atoms with Crippen LogP contribution in [0, 0.1) is 0 Å². The van der Waals surface area contributed by atoms with Gasteiger partial charge in [-0.25, -0.2) is 4.98 Å². The van der Waals surface area contributed by atoms with E-state index in [1.54, 1.807) is 0 Å². The minimum atomic E-state index is -0.0882. The van der Waals surface area contributed by atoms with Crippen LogP contribution in [0.4, 0.5) is 16.5 Å². The first-order chi connectivity index (χ1) is 10.1. The Morgan fingerprint density at radius 2 is 2.38 bits per heavy atom. The van der Waals surface area contributed by atoms with E-state index in [1.807, 2.05) is 11.4 Å². The van der Waals surface area contributed by atoms with Crippen LogP contribution in [0.15, 0.2) is 23.6 Å². The van der Waals surface area contributed by atoms with Gasteiger partial charge in [0.25, 0.3) is 0 Å². The van der Waals surface area contributed by atoms with Crippen molar-refractivity contribution in [2.24, 2.45) is 0 Å². The van der Waals surface area contributed by atoms with Gasteiger partial charge in [-0.15, -0.1) is 11.3 Å². The smallest absolute Gasteiger partial charge is 0.223 e. The van der Waals surface area contributed by atoms with Gasteiger partial charge < -0.3 is 16.0 Å². The highest BCUT2D eigenvalue weighted by Gasteiger charge is 2.18. The lowest BCUT2D eigenvalue weighted by Gasteiger charge is -2.31. The third kappa shape index (κ3) is 3.16. The van der Waals surface area contributed by atoms with E-state index in [1.165, 1.54) is 29.5 Å². The molecule has 1 amide bonds. The Morgan fingerprint density at radius 3 is 3.19 bits per heavy atom. The number of nitrogens with one attached hydrogen (secondary N) is 1. The summed E-state index contributed by atoms with van der Waals surface area (Å²) in [6.07, 6.45) is 2.20. The fourth-order valence-corrected chi connectivity index (χ4v) is 3.39. The third-order valence-corrected chi connectivity index (χ3v) is 4.31. The molecule has 1 aromatic carbocycles. The zero-order valence-corrected chi connectivity index (χ0v) is 12.7. The molecule has 2 aromatic rings. The molecule has 2 heterocycles. The van der Waals surface area contributed by atoms with Crippen LogP contribution in [0.25, 0.3) is 0 Å². The van der Waals surface area contributed by atoms with Crippen LogP contribution in [0.3, 0.4) is 0 Å². The molecule has 1 aliphatic heterocycles. The first kappa shape index (κ1) is 13.9. The van der Waals surface area contributed by atoms with Gasteiger partial charge in [0.1, 0.15) is 0 Å². The number of fused-ring (bicyclic) bond motifs is 1. The standard InChI is InChI=1S/C15H18N4OS/c1-10(20)17-15-18-13(9-21-15)8-19-6-2-3-11-7-12(16)4-5-14(11)19/h4-5,7,9H,2-3,6,8,16H2,1H3,(H,17,18,20). The number of hydrogen-bond donors (Lipinski definition) is 2. The van der Waals surface area contributed by atoms with Gasteiger partial charge >= 0.3 is 0 Å². The number of anilines is 3. The molecule has 5 nitrogen and oxygen atoms in total. The first-order valence-corrected chi connectivity index (χ1v) is 7.85. The predicted molar refractivity (Wildman–Crippen MR) is 86.6 cm³/mol. The molecule has 0 bridgehead atoms. The van der Waals surface area contributed by atoms with Crippen molar-refractivity contribution in [1.82, 2.24) is 4.98 Å². The summed E-state index contributed by atoms with van der Waals surface area (Å²) >= 11 is 1.46. The number of nitrogens with two attached hydrogens (primary N) is 1. The van der Waals surface area contributed by atoms with E-state index in [0.29, 0.717) is 5.13 Å². The van der Waals surface area contributed by atoms with Crippen LogP contribution in [-0.4, -0.2) is 17.4 Å². The van der Waals surface area contributed by atoms with Crippen molar-refractivity contribution < 1.29 is 4.79 Å². The van der Waals surface area contributed by atoms with Crippen LogP contribution in [0.1, 0.15) is 24.6 Å². The van der Waals surface area contributed by atoms with Crippen molar-refractivity contribution in [3.05, 3.63) is 34.8 Å². The molecule has 0 saturated heterocycles. The molecule has 6 heteroatoms. The van der Waals surface area contributed by atoms with Crippen molar-refractivity contribution >= 4 is 33.8 Å². The molecule has 1 aromatic heterocycles. The Kier molecular flexibility index (Phi) is 3.79. The molecule has 1 aliphatic rings.